The zero-order chi connectivity index (χ0) is 21.8. The van der Waals surface area contributed by atoms with Crippen molar-refractivity contribution in [2.45, 2.75) is 13.0 Å². The van der Waals surface area contributed by atoms with E-state index in [2.05, 4.69) is 20.3 Å². The van der Waals surface area contributed by atoms with Gasteiger partial charge in [0.05, 0.1) is 23.7 Å². The maximum Gasteiger partial charge on any atom is 0.338 e. The Morgan fingerprint density at radius 2 is 1.97 bits per heavy atom. The first kappa shape index (κ1) is 20.1. The van der Waals surface area contributed by atoms with Crippen molar-refractivity contribution in [1.29, 1.82) is 0 Å². The van der Waals surface area contributed by atoms with E-state index in [-0.39, 0.29) is 0 Å². The fourth-order valence-corrected chi connectivity index (χ4v) is 3.00. The summed E-state index contributed by atoms with van der Waals surface area (Å²) < 4.78 is 10.5. The Morgan fingerprint density at radius 1 is 1.10 bits per heavy atom. The minimum Gasteiger partial charge on any atom is -0.497 e. The maximum atomic E-state index is 12.6. The molecule has 4 rings (SSSR count). The van der Waals surface area contributed by atoms with Gasteiger partial charge >= 0.3 is 5.97 Å². The lowest BCUT2D eigenvalue weighted by Crippen LogP contribution is -2.30. The Bertz CT molecular complexity index is 1240. The van der Waals surface area contributed by atoms with Crippen LogP contribution >= 0.6 is 0 Å². The Kier molecular flexibility index (Phi) is 5.61. The van der Waals surface area contributed by atoms with E-state index in [0.29, 0.717) is 33.9 Å². The molecule has 2 N–H and O–H groups in total. The second-order valence-electron chi connectivity index (χ2n) is 6.83. The predicted octanol–water partition coefficient (Wildman–Crippen LogP) is 3.82. The van der Waals surface area contributed by atoms with Gasteiger partial charge in [0.1, 0.15) is 11.6 Å². The molecule has 156 valence electrons. The number of carbonyl (C=O) groups is 2. The Balaban J connectivity index is 1.45. The standard InChI is InChI=1S/C23H20N4O4/c1-14(22(28)25-17-6-3-7-18(12-17)30-2)31-23(29)15-8-9-19-20(11-15)27-21(26-19)16-5-4-10-24-13-16/h3-14H,1-2H3,(H,25,28)(H,26,27). The topological polar surface area (TPSA) is 106 Å². The number of fused-ring (bicyclic) bond motifs is 1. The van der Waals surface area contributed by atoms with Crippen LogP contribution in [0.25, 0.3) is 22.4 Å². The van der Waals surface area contributed by atoms with Gasteiger partial charge in [-0.1, -0.05) is 6.07 Å². The molecule has 31 heavy (non-hydrogen) atoms. The third-order valence-corrected chi connectivity index (χ3v) is 4.64. The van der Waals surface area contributed by atoms with E-state index < -0.39 is 18.0 Å². The molecule has 8 heteroatoms. The number of nitrogens with one attached hydrogen (secondary N) is 2. The number of amides is 1. The fraction of sp³-hybridized carbons (Fsp3) is 0.130. The molecule has 8 nitrogen and oxygen atoms in total. The smallest absolute Gasteiger partial charge is 0.338 e. The second-order valence-corrected chi connectivity index (χ2v) is 6.83. The molecular formula is C23H20N4O4. The number of aromatic nitrogens is 3. The van der Waals surface area contributed by atoms with Crippen molar-refractivity contribution >= 4 is 28.6 Å². The summed E-state index contributed by atoms with van der Waals surface area (Å²) >= 11 is 0. The number of ether oxygens (including phenoxy) is 2. The van der Waals surface area contributed by atoms with E-state index >= 15 is 0 Å². The summed E-state index contributed by atoms with van der Waals surface area (Å²) in [6, 6.07) is 15.6. The number of benzene rings is 2. The lowest BCUT2D eigenvalue weighted by molar-refractivity contribution is -0.123. The molecule has 0 bridgehead atoms. The molecule has 0 saturated carbocycles. The number of hydrogen-bond acceptors (Lipinski definition) is 6. The van der Waals surface area contributed by atoms with Crippen molar-refractivity contribution in [3.63, 3.8) is 0 Å². The van der Waals surface area contributed by atoms with E-state index in [4.69, 9.17) is 9.47 Å². The Morgan fingerprint density at radius 3 is 2.74 bits per heavy atom. The van der Waals surface area contributed by atoms with Gasteiger partial charge < -0.3 is 19.8 Å². The normalized spacial score (nSPS) is 11.7. The van der Waals surface area contributed by atoms with Crippen LogP contribution in [-0.2, 0) is 9.53 Å². The number of hydrogen-bond donors (Lipinski definition) is 2. The number of anilines is 1. The Hall–Kier alpha value is -4.20. The van der Waals surface area contributed by atoms with Crippen LogP contribution in [0.5, 0.6) is 5.75 Å². The summed E-state index contributed by atoms with van der Waals surface area (Å²) in [4.78, 5) is 36.7. The maximum absolute atomic E-state index is 12.6. The number of rotatable bonds is 6. The largest absolute Gasteiger partial charge is 0.497 e. The van der Waals surface area contributed by atoms with E-state index in [1.807, 2.05) is 12.1 Å². The first-order valence-electron chi connectivity index (χ1n) is 9.59. The highest BCUT2D eigenvalue weighted by molar-refractivity contribution is 5.98. The summed E-state index contributed by atoms with van der Waals surface area (Å²) in [6.07, 6.45) is 2.41. The summed E-state index contributed by atoms with van der Waals surface area (Å²) in [5, 5.41) is 2.71. The predicted molar refractivity (Wildman–Crippen MR) is 116 cm³/mol. The molecule has 1 amide bonds. The van der Waals surface area contributed by atoms with E-state index in [1.54, 1.807) is 62.0 Å². The van der Waals surface area contributed by atoms with Gasteiger partial charge in [-0.2, -0.15) is 0 Å². The number of carbonyl (C=O) groups excluding carboxylic acids is 2. The lowest BCUT2D eigenvalue weighted by Gasteiger charge is -2.14. The fourth-order valence-electron chi connectivity index (χ4n) is 3.00. The van der Waals surface area contributed by atoms with E-state index in [1.165, 1.54) is 6.92 Å². The molecule has 0 spiro atoms. The highest BCUT2D eigenvalue weighted by atomic mass is 16.5. The van der Waals surface area contributed by atoms with Gasteiger partial charge in [0.15, 0.2) is 6.10 Å². The molecule has 2 aromatic heterocycles. The highest BCUT2D eigenvalue weighted by Crippen LogP contribution is 2.21. The molecule has 4 aromatic rings. The average molecular weight is 416 g/mol. The van der Waals surface area contributed by atoms with Gasteiger partial charge in [-0.3, -0.25) is 9.78 Å². The van der Waals surface area contributed by atoms with Crippen LogP contribution in [0.15, 0.2) is 67.0 Å². The van der Waals surface area contributed by atoms with Crippen molar-refractivity contribution in [3.8, 4) is 17.1 Å². The number of aromatic amines is 1. The molecule has 0 aliphatic rings. The summed E-state index contributed by atoms with van der Waals surface area (Å²) in [5.41, 5.74) is 3.09. The van der Waals surface area contributed by atoms with Crippen molar-refractivity contribution < 1.29 is 19.1 Å². The van der Waals surface area contributed by atoms with Gasteiger partial charge in [-0.05, 0) is 49.4 Å². The molecule has 0 aliphatic carbocycles. The zero-order valence-corrected chi connectivity index (χ0v) is 17.0. The minimum absolute atomic E-state index is 0.315. The quantitative estimate of drug-likeness (QED) is 0.463. The van der Waals surface area contributed by atoms with Crippen LogP contribution in [0.4, 0.5) is 5.69 Å². The SMILES string of the molecule is COc1cccc(NC(=O)C(C)OC(=O)c2ccc3nc(-c4cccnc4)[nH]c3c2)c1. The molecular weight excluding hydrogens is 396 g/mol. The number of pyridine rings is 1. The molecule has 0 radical (unpaired) electrons. The summed E-state index contributed by atoms with van der Waals surface area (Å²) in [5.74, 6) is 0.219. The van der Waals surface area contributed by atoms with Crippen LogP contribution in [0.3, 0.4) is 0 Å². The van der Waals surface area contributed by atoms with Gasteiger partial charge in [-0.25, -0.2) is 9.78 Å². The average Bonchev–Trinajstić information content (AvgIpc) is 3.23. The summed E-state index contributed by atoms with van der Waals surface area (Å²) in [6.45, 7) is 1.52. The Labute approximate surface area is 178 Å². The number of esters is 1. The van der Waals surface area contributed by atoms with Crippen molar-refractivity contribution in [1.82, 2.24) is 15.0 Å². The van der Waals surface area contributed by atoms with Crippen LogP contribution in [0.1, 0.15) is 17.3 Å². The molecule has 0 saturated heterocycles. The highest BCUT2D eigenvalue weighted by Gasteiger charge is 2.20. The first-order valence-corrected chi connectivity index (χ1v) is 9.59. The minimum atomic E-state index is -0.984. The van der Waals surface area contributed by atoms with Crippen molar-refractivity contribution in [3.05, 3.63) is 72.6 Å². The molecule has 0 aliphatic heterocycles. The number of methoxy groups -OCH3 is 1. The molecule has 2 aromatic carbocycles. The van der Waals surface area contributed by atoms with E-state index in [9.17, 15) is 9.59 Å². The van der Waals surface area contributed by atoms with Gasteiger partial charge in [0, 0.05) is 29.7 Å². The molecule has 2 heterocycles. The number of nitrogens with zero attached hydrogens (tertiary/aromatic N) is 2. The van der Waals surface area contributed by atoms with Crippen LogP contribution in [0, 0.1) is 0 Å². The monoisotopic (exact) mass is 416 g/mol. The van der Waals surface area contributed by atoms with Crippen molar-refractivity contribution in [2.75, 3.05) is 12.4 Å². The van der Waals surface area contributed by atoms with Crippen LogP contribution in [0.2, 0.25) is 0 Å². The molecule has 1 atom stereocenters. The van der Waals surface area contributed by atoms with Gasteiger partial charge in [0.25, 0.3) is 5.91 Å². The summed E-state index contributed by atoms with van der Waals surface area (Å²) in [7, 11) is 1.54. The molecule has 0 fully saturated rings. The van der Waals surface area contributed by atoms with Crippen molar-refractivity contribution in [2.24, 2.45) is 0 Å². The van der Waals surface area contributed by atoms with Gasteiger partial charge in [0.2, 0.25) is 0 Å². The number of imidazole rings is 1. The first-order chi connectivity index (χ1) is 15.0. The lowest BCUT2D eigenvalue weighted by atomic mass is 10.2. The van der Waals surface area contributed by atoms with E-state index in [0.717, 1.165) is 5.56 Å². The molecule has 1 unspecified atom stereocenters. The second kappa shape index (κ2) is 8.66. The third kappa shape index (κ3) is 4.53. The van der Waals surface area contributed by atoms with Crippen LogP contribution in [-0.4, -0.2) is 40.0 Å². The van der Waals surface area contributed by atoms with Crippen LogP contribution < -0.4 is 10.1 Å². The zero-order valence-electron chi connectivity index (χ0n) is 17.0. The van der Waals surface area contributed by atoms with Gasteiger partial charge in [-0.15, -0.1) is 0 Å². The number of H-pyrrole nitrogens is 1. The third-order valence-electron chi connectivity index (χ3n) is 4.64.